The molecule has 0 aromatic carbocycles. The third kappa shape index (κ3) is 4.75. The van der Waals surface area contributed by atoms with E-state index in [1.54, 1.807) is 6.26 Å². The molecule has 0 spiro atoms. The molecule has 1 aromatic heterocycles. The van der Waals surface area contributed by atoms with E-state index in [1.807, 2.05) is 30.9 Å². The highest BCUT2D eigenvalue weighted by molar-refractivity contribution is 5.74. The average molecular weight is 296 g/mol. The van der Waals surface area contributed by atoms with Crippen molar-refractivity contribution >= 4 is 6.03 Å². The lowest BCUT2D eigenvalue weighted by atomic mass is 10.1. The lowest BCUT2D eigenvalue weighted by Gasteiger charge is -2.37. The van der Waals surface area contributed by atoms with E-state index in [0.29, 0.717) is 32.9 Å². The van der Waals surface area contributed by atoms with Crippen LogP contribution in [-0.2, 0) is 16.1 Å². The van der Waals surface area contributed by atoms with Crippen molar-refractivity contribution in [1.29, 1.82) is 0 Å². The fourth-order valence-electron chi connectivity index (χ4n) is 2.26. The van der Waals surface area contributed by atoms with E-state index in [9.17, 15) is 4.79 Å². The number of furan rings is 1. The molecule has 1 aliphatic heterocycles. The minimum absolute atomic E-state index is 0.0244. The van der Waals surface area contributed by atoms with Gasteiger partial charge >= 0.3 is 6.03 Å². The van der Waals surface area contributed by atoms with Crippen LogP contribution < -0.4 is 5.32 Å². The first-order valence-corrected chi connectivity index (χ1v) is 7.44. The second-order valence-electron chi connectivity index (χ2n) is 5.23. The highest BCUT2D eigenvalue weighted by Gasteiger charge is 2.28. The van der Waals surface area contributed by atoms with Crippen LogP contribution >= 0.6 is 0 Å². The Bertz CT molecular complexity index is 421. The third-order valence-electron chi connectivity index (χ3n) is 3.71. The van der Waals surface area contributed by atoms with Crippen molar-refractivity contribution < 1.29 is 18.7 Å². The van der Waals surface area contributed by atoms with Crippen molar-refractivity contribution in [3.8, 4) is 0 Å². The van der Waals surface area contributed by atoms with Gasteiger partial charge in [0.15, 0.2) is 0 Å². The van der Waals surface area contributed by atoms with E-state index in [4.69, 9.17) is 13.9 Å². The minimum atomic E-state index is -0.0244. The van der Waals surface area contributed by atoms with Gasteiger partial charge in [-0.05, 0) is 32.4 Å². The van der Waals surface area contributed by atoms with Crippen molar-refractivity contribution in [2.24, 2.45) is 0 Å². The zero-order valence-electron chi connectivity index (χ0n) is 12.7. The van der Waals surface area contributed by atoms with E-state index in [1.165, 1.54) is 0 Å². The number of morpholine rings is 1. The first-order chi connectivity index (χ1) is 10.2. The average Bonchev–Trinajstić information content (AvgIpc) is 2.98. The van der Waals surface area contributed by atoms with Gasteiger partial charge in [-0.3, -0.25) is 0 Å². The molecule has 1 N–H and O–H groups in total. The number of nitrogens with one attached hydrogen (secondary N) is 1. The summed E-state index contributed by atoms with van der Waals surface area (Å²) in [5.74, 6) is 0.815. The number of nitrogens with zero attached hydrogens (tertiary/aromatic N) is 1. The third-order valence-corrected chi connectivity index (χ3v) is 3.71. The van der Waals surface area contributed by atoms with E-state index < -0.39 is 0 Å². The molecule has 2 rings (SSSR count). The van der Waals surface area contributed by atoms with Crippen LogP contribution in [0.5, 0.6) is 0 Å². The molecule has 118 valence electrons. The van der Waals surface area contributed by atoms with Crippen molar-refractivity contribution in [2.75, 3.05) is 26.3 Å². The standard InChI is InChI=1S/C15H24N2O4/c1-12-13(2)20-10-7-17(12)15(18)16-6-4-8-19-11-14-5-3-9-21-14/h3,5,9,12-13H,4,6-8,10-11H2,1-2H3,(H,16,18)/t12-,13+/m0/s1. The fourth-order valence-corrected chi connectivity index (χ4v) is 2.26. The number of rotatable bonds is 6. The summed E-state index contributed by atoms with van der Waals surface area (Å²) < 4.78 is 16.1. The molecule has 21 heavy (non-hydrogen) atoms. The van der Waals surface area contributed by atoms with Gasteiger partial charge in [0.1, 0.15) is 12.4 Å². The van der Waals surface area contributed by atoms with Gasteiger partial charge in [0.2, 0.25) is 0 Å². The minimum Gasteiger partial charge on any atom is -0.467 e. The summed E-state index contributed by atoms with van der Waals surface area (Å²) in [7, 11) is 0. The van der Waals surface area contributed by atoms with E-state index in [-0.39, 0.29) is 18.2 Å². The molecule has 2 heterocycles. The predicted molar refractivity (Wildman–Crippen MR) is 78.0 cm³/mol. The maximum atomic E-state index is 12.1. The lowest BCUT2D eigenvalue weighted by molar-refractivity contribution is -0.0376. The van der Waals surface area contributed by atoms with Gasteiger partial charge in [-0.2, -0.15) is 0 Å². The molecule has 1 fully saturated rings. The molecule has 0 aliphatic carbocycles. The first-order valence-electron chi connectivity index (χ1n) is 7.44. The molecule has 2 amide bonds. The molecule has 0 bridgehead atoms. The fraction of sp³-hybridized carbons (Fsp3) is 0.667. The number of amides is 2. The smallest absolute Gasteiger partial charge is 0.317 e. The monoisotopic (exact) mass is 296 g/mol. The van der Waals surface area contributed by atoms with Gasteiger partial charge in [0, 0.05) is 19.7 Å². The second-order valence-corrected chi connectivity index (χ2v) is 5.23. The second kappa shape index (κ2) is 8.05. The zero-order chi connectivity index (χ0) is 15.1. The van der Waals surface area contributed by atoms with Gasteiger partial charge < -0.3 is 24.1 Å². The lowest BCUT2D eigenvalue weighted by Crippen LogP contribution is -2.54. The number of hydrogen-bond donors (Lipinski definition) is 1. The largest absolute Gasteiger partial charge is 0.467 e. The van der Waals surface area contributed by atoms with Crippen LogP contribution in [0.1, 0.15) is 26.0 Å². The molecule has 1 aromatic rings. The van der Waals surface area contributed by atoms with Crippen molar-refractivity contribution in [2.45, 2.75) is 39.0 Å². The van der Waals surface area contributed by atoms with Crippen molar-refractivity contribution in [1.82, 2.24) is 10.2 Å². The van der Waals surface area contributed by atoms with Gasteiger partial charge in [0.25, 0.3) is 0 Å². The quantitative estimate of drug-likeness (QED) is 0.816. The maximum Gasteiger partial charge on any atom is 0.317 e. The predicted octanol–water partition coefficient (Wildman–Crippen LogP) is 2.01. The summed E-state index contributed by atoms with van der Waals surface area (Å²) >= 11 is 0. The summed E-state index contributed by atoms with van der Waals surface area (Å²) in [6.45, 7) is 6.92. The molecular weight excluding hydrogens is 272 g/mol. The Kier molecular flexibility index (Phi) is 6.07. The van der Waals surface area contributed by atoms with Crippen LogP contribution in [0.2, 0.25) is 0 Å². The Morgan fingerprint density at radius 3 is 3.14 bits per heavy atom. The number of carbonyl (C=O) groups excluding carboxylic acids is 1. The Morgan fingerprint density at radius 1 is 1.52 bits per heavy atom. The van der Waals surface area contributed by atoms with Gasteiger partial charge in [-0.1, -0.05) is 0 Å². The van der Waals surface area contributed by atoms with E-state index in [2.05, 4.69) is 5.32 Å². The first kappa shape index (κ1) is 15.9. The summed E-state index contributed by atoms with van der Waals surface area (Å²) in [6, 6.07) is 3.80. The van der Waals surface area contributed by atoms with Crippen LogP contribution in [0.3, 0.4) is 0 Å². The van der Waals surface area contributed by atoms with Crippen LogP contribution in [0.15, 0.2) is 22.8 Å². The number of ether oxygens (including phenoxy) is 2. The Morgan fingerprint density at radius 2 is 2.38 bits per heavy atom. The van der Waals surface area contributed by atoms with Gasteiger partial charge in [-0.25, -0.2) is 4.79 Å². The Balaban J connectivity index is 1.56. The van der Waals surface area contributed by atoms with Crippen molar-refractivity contribution in [3.63, 3.8) is 0 Å². The number of urea groups is 1. The summed E-state index contributed by atoms with van der Waals surface area (Å²) in [6.07, 6.45) is 2.49. The van der Waals surface area contributed by atoms with Crippen LogP contribution in [0, 0.1) is 0 Å². The zero-order valence-corrected chi connectivity index (χ0v) is 12.7. The van der Waals surface area contributed by atoms with Crippen molar-refractivity contribution in [3.05, 3.63) is 24.2 Å². The molecule has 0 radical (unpaired) electrons. The molecule has 0 saturated carbocycles. The molecular formula is C15H24N2O4. The SMILES string of the molecule is C[C@H]1OCCN(C(=O)NCCCOCc2ccco2)[C@H]1C. The molecule has 0 unspecified atom stereocenters. The Hall–Kier alpha value is -1.53. The number of carbonyl (C=O) groups is 1. The highest BCUT2D eigenvalue weighted by Crippen LogP contribution is 2.13. The summed E-state index contributed by atoms with van der Waals surface area (Å²) in [5.41, 5.74) is 0. The number of hydrogen-bond acceptors (Lipinski definition) is 4. The highest BCUT2D eigenvalue weighted by atomic mass is 16.5. The normalized spacial score (nSPS) is 22.3. The van der Waals surface area contributed by atoms with E-state index in [0.717, 1.165) is 12.2 Å². The van der Waals surface area contributed by atoms with Crippen LogP contribution in [0.4, 0.5) is 4.79 Å². The molecule has 6 heteroatoms. The topological polar surface area (TPSA) is 63.9 Å². The molecule has 6 nitrogen and oxygen atoms in total. The molecule has 1 aliphatic rings. The van der Waals surface area contributed by atoms with Crippen LogP contribution in [-0.4, -0.2) is 49.4 Å². The summed E-state index contributed by atoms with van der Waals surface area (Å²) in [4.78, 5) is 13.9. The maximum absolute atomic E-state index is 12.1. The van der Waals surface area contributed by atoms with Crippen LogP contribution in [0.25, 0.3) is 0 Å². The van der Waals surface area contributed by atoms with Gasteiger partial charge in [-0.15, -0.1) is 0 Å². The van der Waals surface area contributed by atoms with Gasteiger partial charge in [0.05, 0.1) is 25.0 Å². The Labute approximate surface area is 125 Å². The van der Waals surface area contributed by atoms with E-state index >= 15 is 0 Å². The molecule has 2 atom stereocenters. The summed E-state index contributed by atoms with van der Waals surface area (Å²) in [5, 5.41) is 2.93. The molecule has 1 saturated heterocycles.